The molecule has 0 spiro atoms. The first-order chi connectivity index (χ1) is 10.7. The summed E-state index contributed by atoms with van der Waals surface area (Å²) < 4.78 is 5.88. The number of esters is 1. The van der Waals surface area contributed by atoms with Crippen LogP contribution in [-0.2, 0) is 16.0 Å². The fourth-order valence-corrected chi connectivity index (χ4v) is 3.03. The monoisotopic (exact) mass is 376 g/mol. The Morgan fingerprint density at radius 2 is 1.96 bits per heavy atom. The van der Waals surface area contributed by atoms with Crippen LogP contribution in [0.4, 0.5) is 0 Å². The van der Waals surface area contributed by atoms with Gasteiger partial charge in [-0.15, -0.1) is 24.8 Å². The van der Waals surface area contributed by atoms with Crippen molar-refractivity contribution >= 4 is 30.8 Å². The molecule has 0 amide bonds. The highest BCUT2D eigenvalue weighted by atomic mass is 35.5. The van der Waals surface area contributed by atoms with Crippen molar-refractivity contribution in [1.82, 2.24) is 9.88 Å². The first-order valence-corrected chi connectivity index (χ1v) is 8.51. The second-order valence-corrected chi connectivity index (χ2v) is 6.20. The number of piperidine rings is 1. The molecule has 6 heteroatoms. The molecule has 1 aromatic rings. The van der Waals surface area contributed by atoms with Gasteiger partial charge in [-0.05, 0) is 25.1 Å². The normalized spacial score (nSPS) is 16.6. The van der Waals surface area contributed by atoms with Gasteiger partial charge in [-0.1, -0.05) is 26.3 Å². The first kappa shape index (κ1) is 23.2. The highest BCUT2D eigenvalue weighted by Gasteiger charge is 2.38. The number of hydrogen-bond donors (Lipinski definition) is 0. The van der Waals surface area contributed by atoms with Crippen molar-refractivity contribution < 1.29 is 9.53 Å². The van der Waals surface area contributed by atoms with Crippen molar-refractivity contribution in [3.05, 3.63) is 30.1 Å². The number of aromatic nitrogens is 1. The SMILES string of the molecule is CCCCN1CCC(Cc2ccccn2)(OC(=O)CC)CC1.Cl.Cl. The Morgan fingerprint density at radius 3 is 2.50 bits per heavy atom. The molecule has 0 unspecified atom stereocenters. The second kappa shape index (κ2) is 11.7. The molecule has 0 atom stereocenters. The predicted octanol–water partition coefficient (Wildman–Crippen LogP) is 4.06. The molecule has 0 aliphatic carbocycles. The largest absolute Gasteiger partial charge is 0.459 e. The quantitative estimate of drug-likeness (QED) is 0.673. The van der Waals surface area contributed by atoms with Gasteiger partial charge in [-0.2, -0.15) is 0 Å². The van der Waals surface area contributed by atoms with Gasteiger partial charge < -0.3 is 9.64 Å². The Hall–Kier alpha value is -0.840. The van der Waals surface area contributed by atoms with E-state index in [1.165, 1.54) is 12.8 Å². The molecule has 0 radical (unpaired) electrons. The van der Waals surface area contributed by atoms with Crippen LogP contribution in [0.1, 0.15) is 51.6 Å². The third-order valence-electron chi connectivity index (χ3n) is 4.44. The number of rotatable bonds is 7. The number of carbonyl (C=O) groups is 1. The molecular weight excluding hydrogens is 347 g/mol. The van der Waals surface area contributed by atoms with Gasteiger partial charge >= 0.3 is 5.97 Å². The summed E-state index contributed by atoms with van der Waals surface area (Å²) in [6, 6.07) is 5.93. The maximum atomic E-state index is 11.9. The molecule has 2 heterocycles. The van der Waals surface area contributed by atoms with E-state index in [2.05, 4.69) is 16.8 Å². The molecule has 1 saturated heterocycles. The van der Waals surface area contributed by atoms with Crippen molar-refractivity contribution in [3.8, 4) is 0 Å². The van der Waals surface area contributed by atoms with E-state index in [-0.39, 0.29) is 36.4 Å². The minimum atomic E-state index is -0.371. The van der Waals surface area contributed by atoms with Crippen molar-refractivity contribution in [3.63, 3.8) is 0 Å². The summed E-state index contributed by atoms with van der Waals surface area (Å²) in [6.45, 7) is 7.23. The summed E-state index contributed by atoms with van der Waals surface area (Å²) in [5.74, 6) is -0.0991. The van der Waals surface area contributed by atoms with Gasteiger partial charge in [0, 0.05) is 50.7 Å². The zero-order valence-electron chi connectivity index (χ0n) is 14.7. The molecule has 4 nitrogen and oxygen atoms in total. The predicted molar refractivity (Wildman–Crippen MR) is 102 cm³/mol. The van der Waals surface area contributed by atoms with Gasteiger partial charge in [0.15, 0.2) is 0 Å². The third-order valence-corrected chi connectivity index (χ3v) is 4.44. The second-order valence-electron chi connectivity index (χ2n) is 6.20. The Morgan fingerprint density at radius 1 is 1.25 bits per heavy atom. The van der Waals surface area contributed by atoms with Crippen LogP contribution in [-0.4, -0.2) is 41.1 Å². The number of likely N-dealkylation sites (tertiary alicyclic amines) is 1. The Balaban J connectivity index is 0.00000264. The molecule has 2 rings (SSSR count). The molecule has 0 N–H and O–H groups in total. The van der Waals surface area contributed by atoms with E-state index in [4.69, 9.17) is 4.74 Å². The van der Waals surface area contributed by atoms with Gasteiger partial charge in [-0.25, -0.2) is 0 Å². The maximum absolute atomic E-state index is 11.9. The van der Waals surface area contributed by atoms with E-state index in [0.717, 1.165) is 44.6 Å². The number of hydrogen-bond acceptors (Lipinski definition) is 4. The van der Waals surface area contributed by atoms with E-state index in [1.54, 1.807) is 6.20 Å². The zero-order valence-corrected chi connectivity index (χ0v) is 16.3. The zero-order chi connectivity index (χ0) is 15.8. The Labute approximate surface area is 158 Å². The smallest absolute Gasteiger partial charge is 0.306 e. The van der Waals surface area contributed by atoms with Crippen molar-refractivity contribution in [2.75, 3.05) is 19.6 Å². The maximum Gasteiger partial charge on any atom is 0.306 e. The minimum Gasteiger partial charge on any atom is -0.459 e. The summed E-state index contributed by atoms with van der Waals surface area (Å²) in [6.07, 6.45) is 7.23. The molecule has 0 aromatic carbocycles. The molecule has 1 fully saturated rings. The lowest BCUT2D eigenvalue weighted by atomic mass is 9.86. The van der Waals surface area contributed by atoms with Gasteiger partial charge in [0.1, 0.15) is 5.60 Å². The fourth-order valence-electron chi connectivity index (χ4n) is 3.03. The van der Waals surface area contributed by atoms with Gasteiger partial charge in [-0.3, -0.25) is 9.78 Å². The molecule has 1 aliphatic rings. The Kier molecular flexibility index (Phi) is 11.3. The molecule has 24 heavy (non-hydrogen) atoms. The standard InChI is InChI=1S/C18H28N2O2.2ClH/c1-3-5-12-20-13-9-18(10-14-20,22-17(21)4-2)15-16-8-6-7-11-19-16;;/h6-8,11H,3-5,9-10,12-15H2,1-2H3;2*1H. The third kappa shape index (κ3) is 6.96. The van der Waals surface area contributed by atoms with E-state index >= 15 is 0 Å². The van der Waals surface area contributed by atoms with Crippen LogP contribution < -0.4 is 0 Å². The van der Waals surface area contributed by atoms with Crippen LogP contribution in [0.2, 0.25) is 0 Å². The number of ether oxygens (including phenoxy) is 1. The lowest BCUT2D eigenvalue weighted by Crippen LogP contribution is -2.48. The van der Waals surface area contributed by atoms with Crippen LogP contribution >= 0.6 is 24.8 Å². The Bertz CT molecular complexity index is 463. The number of pyridine rings is 1. The summed E-state index contributed by atoms with van der Waals surface area (Å²) in [5, 5.41) is 0. The molecule has 1 aromatic heterocycles. The first-order valence-electron chi connectivity index (χ1n) is 8.51. The molecule has 138 valence electrons. The number of halogens is 2. The lowest BCUT2D eigenvalue weighted by Gasteiger charge is -2.41. The van der Waals surface area contributed by atoms with E-state index in [1.807, 2.05) is 25.1 Å². The van der Waals surface area contributed by atoms with Crippen LogP contribution in [0, 0.1) is 0 Å². The van der Waals surface area contributed by atoms with Gasteiger partial charge in [0.25, 0.3) is 0 Å². The van der Waals surface area contributed by atoms with Crippen LogP contribution in [0.3, 0.4) is 0 Å². The number of nitrogens with zero attached hydrogens (tertiary/aromatic N) is 2. The summed E-state index contributed by atoms with van der Waals surface area (Å²) in [7, 11) is 0. The molecular formula is C18H30Cl2N2O2. The minimum absolute atomic E-state index is 0. The van der Waals surface area contributed by atoms with Crippen molar-refractivity contribution in [2.24, 2.45) is 0 Å². The van der Waals surface area contributed by atoms with Crippen LogP contribution in [0.25, 0.3) is 0 Å². The molecule has 0 saturated carbocycles. The summed E-state index contributed by atoms with van der Waals surface area (Å²) in [5.41, 5.74) is 0.637. The van der Waals surface area contributed by atoms with E-state index < -0.39 is 0 Å². The average molecular weight is 377 g/mol. The summed E-state index contributed by atoms with van der Waals surface area (Å²) >= 11 is 0. The van der Waals surface area contributed by atoms with Gasteiger partial charge in [0.2, 0.25) is 0 Å². The highest BCUT2D eigenvalue weighted by molar-refractivity contribution is 5.85. The van der Waals surface area contributed by atoms with E-state index in [0.29, 0.717) is 6.42 Å². The van der Waals surface area contributed by atoms with Crippen LogP contribution in [0.15, 0.2) is 24.4 Å². The lowest BCUT2D eigenvalue weighted by molar-refractivity contribution is -0.164. The fraction of sp³-hybridized carbons (Fsp3) is 0.667. The topological polar surface area (TPSA) is 42.4 Å². The highest BCUT2D eigenvalue weighted by Crippen LogP contribution is 2.30. The number of carbonyl (C=O) groups excluding carboxylic acids is 1. The van der Waals surface area contributed by atoms with Crippen molar-refractivity contribution in [2.45, 2.75) is 58.0 Å². The van der Waals surface area contributed by atoms with Gasteiger partial charge in [0.05, 0.1) is 0 Å². The average Bonchev–Trinajstić information content (AvgIpc) is 2.55. The number of unbranched alkanes of at least 4 members (excludes halogenated alkanes) is 1. The van der Waals surface area contributed by atoms with Crippen LogP contribution in [0.5, 0.6) is 0 Å². The van der Waals surface area contributed by atoms with Crippen molar-refractivity contribution in [1.29, 1.82) is 0 Å². The summed E-state index contributed by atoms with van der Waals surface area (Å²) in [4.78, 5) is 18.8. The molecule has 0 bridgehead atoms. The molecule has 1 aliphatic heterocycles. The van der Waals surface area contributed by atoms with E-state index in [9.17, 15) is 4.79 Å².